The first-order valence-electron chi connectivity index (χ1n) is 10.5. The van der Waals surface area contributed by atoms with Gasteiger partial charge in [-0.2, -0.15) is 5.26 Å². The normalized spacial score (nSPS) is 24.7. The number of carbonyl (C=O) groups excluding carboxylic acids is 1. The van der Waals surface area contributed by atoms with E-state index >= 15 is 0 Å². The Bertz CT molecular complexity index is 911. The molecule has 0 aromatic carbocycles. The zero-order valence-electron chi connectivity index (χ0n) is 16.7. The van der Waals surface area contributed by atoms with Crippen molar-refractivity contribution in [3.63, 3.8) is 0 Å². The summed E-state index contributed by atoms with van der Waals surface area (Å²) in [4.78, 5) is 18.3. The van der Waals surface area contributed by atoms with Crippen LogP contribution in [0.5, 0.6) is 0 Å². The maximum atomic E-state index is 12.5. The molecule has 1 aromatic rings. The summed E-state index contributed by atoms with van der Waals surface area (Å²) < 4.78 is 23.4. The van der Waals surface area contributed by atoms with Gasteiger partial charge in [0.15, 0.2) is 9.84 Å². The van der Waals surface area contributed by atoms with Gasteiger partial charge in [-0.15, -0.1) is 11.3 Å². The number of fused-ring (bicyclic) bond motifs is 1. The minimum atomic E-state index is -2.85. The number of hydrogen-bond acceptors (Lipinski definition) is 7. The van der Waals surface area contributed by atoms with Crippen LogP contribution in [0.4, 0.5) is 5.00 Å². The zero-order valence-corrected chi connectivity index (χ0v) is 18.3. The van der Waals surface area contributed by atoms with Gasteiger partial charge in [0, 0.05) is 50.1 Å². The molecule has 0 bridgehead atoms. The Labute approximate surface area is 176 Å². The van der Waals surface area contributed by atoms with Crippen LogP contribution in [-0.4, -0.2) is 74.4 Å². The molecule has 2 fully saturated rings. The summed E-state index contributed by atoms with van der Waals surface area (Å²) in [6.07, 6.45) is 5.38. The third-order valence-corrected chi connectivity index (χ3v) is 9.28. The van der Waals surface area contributed by atoms with Crippen molar-refractivity contribution >= 4 is 32.1 Å². The van der Waals surface area contributed by atoms with Crippen molar-refractivity contribution in [2.24, 2.45) is 0 Å². The van der Waals surface area contributed by atoms with Crippen molar-refractivity contribution in [2.45, 2.75) is 44.6 Å². The summed E-state index contributed by atoms with van der Waals surface area (Å²) in [7, 11) is -2.85. The molecule has 2 saturated heterocycles. The molecule has 2 aliphatic heterocycles. The van der Waals surface area contributed by atoms with Gasteiger partial charge >= 0.3 is 0 Å². The molecule has 1 aromatic heterocycles. The van der Waals surface area contributed by atoms with Gasteiger partial charge in [0.2, 0.25) is 5.91 Å². The number of nitriles is 1. The third-order valence-electron chi connectivity index (χ3n) is 6.32. The molecule has 7 nitrogen and oxygen atoms in total. The lowest BCUT2D eigenvalue weighted by Crippen LogP contribution is -2.51. The molecule has 0 saturated carbocycles. The number of rotatable bonds is 5. The summed E-state index contributed by atoms with van der Waals surface area (Å²) in [5.41, 5.74) is 1.81. The molecule has 1 amide bonds. The van der Waals surface area contributed by atoms with Gasteiger partial charge in [0.1, 0.15) is 11.1 Å². The molecule has 1 N–H and O–H groups in total. The first-order valence-corrected chi connectivity index (χ1v) is 13.1. The number of anilines is 1. The summed E-state index contributed by atoms with van der Waals surface area (Å²) >= 11 is 1.57. The Morgan fingerprint density at radius 1 is 1.21 bits per heavy atom. The van der Waals surface area contributed by atoms with E-state index in [1.54, 1.807) is 11.3 Å². The highest BCUT2D eigenvalue weighted by Crippen LogP contribution is 2.37. The zero-order chi connectivity index (χ0) is 20.4. The fraction of sp³-hybridized carbons (Fsp3) is 0.700. The predicted molar refractivity (Wildman–Crippen MR) is 114 cm³/mol. The second-order valence-electron chi connectivity index (χ2n) is 8.26. The number of nitrogens with zero attached hydrogens (tertiary/aromatic N) is 3. The molecule has 0 spiro atoms. The van der Waals surface area contributed by atoms with Crippen LogP contribution in [0.15, 0.2) is 0 Å². The third kappa shape index (κ3) is 4.82. The molecule has 3 aliphatic rings. The van der Waals surface area contributed by atoms with E-state index in [4.69, 9.17) is 0 Å². The van der Waals surface area contributed by atoms with Gasteiger partial charge in [-0.25, -0.2) is 8.42 Å². The molecular formula is C20H28N4O3S2. The van der Waals surface area contributed by atoms with E-state index in [1.807, 2.05) is 0 Å². The highest BCUT2D eigenvalue weighted by molar-refractivity contribution is 7.91. The van der Waals surface area contributed by atoms with Gasteiger partial charge in [-0.3, -0.25) is 9.69 Å². The molecule has 4 rings (SSSR count). The molecule has 9 heteroatoms. The molecule has 0 radical (unpaired) electrons. The molecule has 1 aliphatic carbocycles. The van der Waals surface area contributed by atoms with Gasteiger partial charge in [-0.05, 0) is 37.7 Å². The SMILES string of the molecule is N#Cc1c(NC(=O)CCN2CCN(C3CCS(=O)(=O)C3)CC2)sc2c1CCCC2. The van der Waals surface area contributed by atoms with Crippen LogP contribution in [0.25, 0.3) is 0 Å². The standard InChI is InChI=1S/C20H28N4O3S2/c21-13-17-16-3-1-2-4-18(16)28-20(17)22-19(25)5-7-23-8-10-24(11-9-23)15-6-12-29(26,27)14-15/h15H,1-12,14H2,(H,22,25). The second kappa shape index (κ2) is 8.72. The maximum Gasteiger partial charge on any atom is 0.226 e. The van der Waals surface area contributed by atoms with E-state index in [2.05, 4.69) is 21.2 Å². The van der Waals surface area contributed by atoms with Crippen LogP contribution >= 0.6 is 11.3 Å². The average molecular weight is 437 g/mol. The maximum absolute atomic E-state index is 12.5. The van der Waals surface area contributed by atoms with Gasteiger partial charge < -0.3 is 10.2 Å². The molecular weight excluding hydrogens is 408 g/mol. The lowest BCUT2D eigenvalue weighted by atomic mass is 9.96. The number of sulfone groups is 1. The molecule has 3 heterocycles. The van der Waals surface area contributed by atoms with Crippen LogP contribution in [0.2, 0.25) is 0 Å². The number of carbonyl (C=O) groups is 1. The van der Waals surface area contributed by atoms with Crippen LogP contribution in [-0.2, 0) is 27.5 Å². The number of thiophene rings is 1. The smallest absolute Gasteiger partial charge is 0.226 e. The Balaban J connectivity index is 1.24. The first-order chi connectivity index (χ1) is 13.9. The predicted octanol–water partition coefficient (Wildman–Crippen LogP) is 1.63. The Morgan fingerprint density at radius 2 is 1.97 bits per heavy atom. The van der Waals surface area contributed by atoms with Crippen molar-refractivity contribution in [1.29, 1.82) is 5.26 Å². The Morgan fingerprint density at radius 3 is 2.66 bits per heavy atom. The Hall–Kier alpha value is -1.47. The van der Waals surface area contributed by atoms with Gasteiger partial charge in [0.25, 0.3) is 0 Å². The Kier molecular flexibility index (Phi) is 6.25. The number of hydrogen-bond donors (Lipinski definition) is 1. The molecule has 1 unspecified atom stereocenters. The van der Waals surface area contributed by atoms with Crippen LogP contribution < -0.4 is 5.32 Å². The van der Waals surface area contributed by atoms with E-state index in [0.717, 1.165) is 68.8 Å². The van der Waals surface area contributed by atoms with Crippen LogP contribution in [0.3, 0.4) is 0 Å². The van der Waals surface area contributed by atoms with E-state index in [1.165, 1.54) is 4.88 Å². The van der Waals surface area contributed by atoms with E-state index < -0.39 is 9.84 Å². The summed E-state index contributed by atoms with van der Waals surface area (Å²) in [6, 6.07) is 2.46. The monoisotopic (exact) mass is 436 g/mol. The quantitative estimate of drug-likeness (QED) is 0.754. The minimum absolute atomic E-state index is 0.0376. The van der Waals surface area contributed by atoms with Crippen molar-refractivity contribution in [3.8, 4) is 6.07 Å². The molecule has 29 heavy (non-hydrogen) atoms. The topological polar surface area (TPSA) is 93.5 Å². The minimum Gasteiger partial charge on any atom is -0.317 e. The second-order valence-corrected chi connectivity index (χ2v) is 11.6. The highest BCUT2D eigenvalue weighted by Gasteiger charge is 2.33. The summed E-state index contributed by atoms with van der Waals surface area (Å²) in [5, 5.41) is 13.2. The fourth-order valence-corrected chi connectivity index (χ4v) is 7.65. The van der Waals surface area contributed by atoms with Crippen molar-refractivity contribution in [1.82, 2.24) is 9.80 Å². The first kappa shape index (κ1) is 20.8. The van der Waals surface area contributed by atoms with Crippen LogP contribution in [0, 0.1) is 11.3 Å². The highest BCUT2D eigenvalue weighted by atomic mass is 32.2. The summed E-state index contributed by atoms with van der Waals surface area (Å²) in [6.45, 7) is 4.13. The molecule has 158 valence electrons. The van der Waals surface area contributed by atoms with E-state index in [-0.39, 0.29) is 11.9 Å². The van der Waals surface area contributed by atoms with Gasteiger partial charge in [0.05, 0.1) is 17.1 Å². The van der Waals surface area contributed by atoms with Crippen molar-refractivity contribution in [2.75, 3.05) is 49.5 Å². The lowest BCUT2D eigenvalue weighted by molar-refractivity contribution is -0.116. The lowest BCUT2D eigenvalue weighted by Gasteiger charge is -2.37. The number of piperazine rings is 1. The van der Waals surface area contributed by atoms with E-state index in [0.29, 0.717) is 30.0 Å². The fourth-order valence-electron chi connectivity index (χ4n) is 4.64. The van der Waals surface area contributed by atoms with Crippen LogP contribution in [0.1, 0.15) is 41.7 Å². The number of nitrogens with one attached hydrogen (secondary N) is 1. The van der Waals surface area contributed by atoms with E-state index in [9.17, 15) is 18.5 Å². The number of aryl methyl sites for hydroxylation is 1. The number of amides is 1. The summed E-state index contributed by atoms with van der Waals surface area (Å²) in [5.74, 6) is 0.570. The largest absolute Gasteiger partial charge is 0.317 e. The average Bonchev–Trinajstić information content (AvgIpc) is 3.25. The molecule has 1 atom stereocenters. The van der Waals surface area contributed by atoms with Gasteiger partial charge in [-0.1, -0.05) is 0 Å². The van der Waals surface area contributed by atoms with Crippen molar-refractivity contribution < 1.29 is 13.2 Å². The van der Waals surface area contributed by atoms with Crippen molar-refractivity contribution in [3.05, 3.63) is 16.0 Å².